The van der Waals surface area contributed by atoms with Crippen molar-refractivity contribution >= 4 is 12.0 Å². The van der Waals surface area contributed by atoms with E-state index in [0.717, 1.165) is 6.08 Å². The van der Waals surface area contributed by atoms with Crippen LogP contribution >= 0.6 is 0 Å². The number of benzene rings is 1. The lowest BCUT2D eigenvalue weighted by Gasteiger charge is -2.12. The third-order valence-electron chi connectivity index (χ3n) is 1.99. The molecule has 0 aliphatic rings. The molecule has 1 aromatic carbocycles. The number of phenols is 1. The summed E-state index contributed by atoms with van der Waals surface area (Å²) in [5.74, 6) is -0.383. The number of phenolic OH excluding ortho intramolecular Hbond substituents is 1. The lowest BCUT2D eigenvalue weighted by atomic mass is 10.1. The van der Waals surface area contributed by atoms with Gasteiger partial charge in [-0.05, 0) is 18.1 Å². The van der Waals surface area contributed by atoms with Crippen LogP contribution in [0.4, 0.5) is 0 Å². The highest BCUT2D eigenvalue weighted by Crippen LogP contribution is 2.31. The summed E-state index contributed by atoms with van der Waals surface area (Å²) in [5.41, 5.74) is 0.549. The lowest BCUT2D eigenvalue weighted by molar-refractivity contribution is -0.131. The van der Waals surface area contributed by atoms with E-state index in [2.05, 4.69) is 0 Å². The van der Waals surface area contributed by atoms with Crippen LogP contribution in [0.1, 0.15) is 19.4 Å². The molecule has 0 spiro atoms. The standard InChI is InChI=1S/C13H16O4/c1-9(2)8-17-13-10(6-7-12(15)16)4-3-5-11(13)14/h3-7,9,14H,8H2,1-2H3,(H,15,16)/b7-6+. The molecule has 2 N–H and O–H groups in total. The smallest absolute Gasteiger partial charge is 0.328 e. The Bertz CT molecular complexity index is 421. The Labute approximate surface area is 100 Å². The highest BCUT2D eigenvalue weighted by molar-refractivity contribution is 5.86. The number of carboxylic acids is 1. The van der Waals surface area contributed by atoms with E-state index in [1.54, 1.807) is 12.1 Å². The van der Waals surface area contributed by atoms with E-state index < -0.39 is 5.97 Å². The van der Waals surface area contributed by atoms with Gasteiger partial charge < -0.3 is 14.9 Å². The zero-order valence-corrected chi connectivity index (χ0v) is 9.88. The van der Waals surface area contributed by atoms with Gasteiger partial charge in [0.2, 0.25) is 0 Å². The highest BCUT2D eigenvalue weighted by Gasteiger charge is 2.08. The average molecular weight is 236 g/mol. The van der Waals surface area contributed by atoms with Crippen LogP contribution in [0.2, 0.25) is 0 Å². The van der Waals surface area contributed by atoms with Gasteiger partial charge in [-0.2, -0.15) is 0 Å². The number of rotatable bonds is 5. The van der Waals surface area contributed by atoms with Gasteiger partial charge >= 0.3 is 5.97 Å². The number of carboxylic acid groups (broad SMARTS) is 1. The van der Waals surface area contributed by atoms with E-state index in [4.69, 9.17) is 9.84 Å². The van der Waals surface area contributed by atoms with E-state index in [9.17, 15) is 9.90 Å². The molecule has 0 atom stereocenters. The number of carbonyl (C=O) groups is 1. The van der Waals surface area contributed by atoms with Gasteiger partial charge in [0.1, 0.15) is 0 Å². The molecule has 0 fully saturated rings. The molecule has 0 heterocycles. The summed E-state index contributed by atoms with van der Waals surface area (Å²) in [6.07, 6.45) is 2.41. The Hall–Kier alpha value is -1.97. The summed E-state index contributed by atoms with van der Waals surface area (Å²) < 4.78 is 5.47. The van der Waals surface area contributed by atoms with Gasteiger partial charge in [-0.1, -0.05) is 26.0 Å². The molecule has 0 aliphatic heterocycles. The van der Waals surface area contributed by atoms with Crippen molar-refractivity contribution < 1.29 is 19.7 Å². The first-order valence-electron chi connectivity index (χ1n) is 5.36. The second-order valence-electron chi connectivity index (χ2n) is 4.07. The Balaban J connectivity index is 2.95. The molecule has 0 radical (unpaired) electrons. The summed E-state index contributed by atoms with van der Waals surface area (Å²) >= 11 is 0. The van der Waals surface area contributed by atoms with Crippen LogP contribution in [0.25, 0.3) is 6.08 Å². The summed E-state index contributed by atoms with van der Waals surface area (Å²) in [4.78, 5) is 10.4. The quantitative estimate of drug-likeness (QED) is 0.771. The summed E-state index contributed by atoms with van der Waals surface area (Å²) in [5, 5.41) is 18.2. The third kappa shape index (κ3) is 4.18. The Morgan fingerprint density at radius 3 is 2.76 bits per heavy atom. The fraction of sp³-hybridized carbons (Fsp3) is 0.308. The fourth-order valence-corrected chi connectivity index (χ4v) is 1.24. The number of hydrogen-bond acceptors (Lipinski definition) is 3. The maximum atomic E-state index is 10.4. The van der Waals surface area contributed by atoms with E-state index in [-0.39, 0.29) is 5.75 Å². The largest absolute Gasteiger partial charge is 0.504 e. The molecule has 0 saturated heterocycles. The topological polar surface area (TPSA) is 66.8 Å². The van der Waals surface area contributed by atoms with Gasteiger partial charge in [-0.15, -0.1) is 0 Å². The summed E-state index contributed by atoms with van der Waals surface area (Å²) in [7, 11) is 0. The Morgan fingerprint density at radius 2 is 2.18 bits per heavy atom. The van der Waals surface area contributed by atoms with Crippen molar-refractivity contribution in [1.29, 1.82) is 0 Å². The van der Waals surface area contributed by atoms with Crippen LogP contribution < -0.4 is 4.74 Å². The van der Waals surface area contributed by atoms with Crippen LogP contribution in [0.3, 0.4) is 0 Å². The number of para-hydroxylation sites is 1. The van der Waals surface area contributed by atoms with Gasteiger partial charge in [0.25, 0.3) is 0 Å². The molecule has 17 heavy (non-hydrogen) atoms. The van der Waals surface area contributed by atoms with E-state index >= 15 is 0 Å². The summed E-state index contributed by atoms with van der Waals surface area (Å²) in [6.45, 7) is 4.45. The molecule has 0 bridgehead atoms. The minimum atomic E-state index is -1.04. The molecule has 92 valence electrons. The van der Waals surface area contributed by atoms with Crippen molar-refractivity contribution in [3.05, 3.63) is 29.8 Å². The van der Waals surface area contributed by atoms with Crippen LogP contribution in [0.15, 0.2) is 24.3 Å². The van der Waals surface area contributed by atoms with Crippen LogP contribution in [0, 0.1) is 5.92 Å². The average Bonchev–Trinajstić information content (AvgIpc) is 2.24. The van der Waals surface area contributed by atoms with Crippen LogP contribution in [0.5, 0.6) is 11.5 Å². The Morgan fingerprint density at radius 1 is 1.47 bits per heavy atom. The molecule has 0 aliphatic carbocycles. The van der Waals surface area contributed by atoms with Crippen LogP contribution in [-0.4, -0.2) is 22.8 Å². The van der Waals surface area contributed by atoms with Crippen molar-refractivity contribution in [1.82, 2.24) is 0 Å². The predicted molar refractivity (Wildman–Crippen MR) is 65.1 cm³/mol. The second kappa shape index (κ2) is 5.94. The first kappa shape index (κ1) is 13.1. The van der Waals surface area contributed by atoms with Crippen molar-refractivity contribution in [3.63, 3.8) is 0 Å². The minimum Gasteiger partial charge on any atom is -0.504 e. The highest BCUT2D eigenvalue weighted by atomic mass is 16.5. The predicted octanol–water partition coefficient (Wildman–Crippen LogP) is 2.52. The van der Waals surface area contributed by atoms with E-state index in [1.165, 1.54) is 12.1 Å². The molecule has 1 aromatic rings. The zero-order chi connectivity index (χ0) is 12.8. The first-order chi connectivity index (χ1) is 8.00. The SMILES string of the molecule is CC(C)COc1c(O)cccc1/C=C/C(=O)O. The van der Waals surface area contributed by atoms with Gasteiger partial charge in [0, 0.05) is 11.6 Å². The second-order valence-corrected chi connectivity index (χ2v) is 4.07. The molecule has 1 rings (SSSR count). The van der Waals surface area contributed by atoms with Crippen molar-refractivity contribution in [3.8, 4) is 11.5 Å². The first-order valence-corrected chi connectivity index (χ1v) is 5.36. The molecule has 4 heteroatoms. The van der Waals surface area contributed by atoms with Crippen molar-refractivity contribution in [2.45, 2.75) is 13.8 Å². The van der Waals surface area contributed by atoms with Gasteiger partial charge in [0.05, 0.1) is 6.61 Å². The van der Waals surface area contributed by atoms with Crippen molar-refractivity contribution in [2.24, 2.45) is 5.92 Å². The minimum absolute atomic E-state index is 0.0122. The fourth-order valence-electron chi connectivity index (χ4n) is 1.24. The van der Waals surface area contributed by atoms with E-state index in [1.807, 2.05) is 13.8 Å². The Kier molecular flexibility index (Phi) is 4.57. The molecule has 0 aromatic heterocycles. The summed E-state index contributed by atoms with van der Waals surface area (Å²) in [6, 6.07) is 4.83. The number of hydrogen-bond donors (Lipinski definition) is 2. The third-order valence-corrected chi connectivity index (χ3v) is 1.99. The normalized spacial score (nSPS) is 11.0. The number of aromatic hydroxyl groups is 1. The molecular weight excluding hydrogens is 220 g/mol. The molecule has 4 nitrogen and oxygen atoms in total. The molecular formula is C13H16O4. The van der Waals surface area contributed by atoms with Gasteiger partial charge in [-0.25, -0.2) is 4.79 Å². The van der Waals surface area contributed by atoms with Crippen LogP contribution in [-0.2, 0) is 4.79 Å². The maximum Gasteiger partial charge on any atom is 0.328 e. The monoisotopic (exact) mass is 236 g/mol. The maximum absolute atomic E-state index is 10.4. The lowest BCUT2D eigenvalue weighted by Crippen LogP contribution is -2.05. The number of ether oxygens (including phenoxy) is 1. The van der Waals surface area contributed by atoms with Gasteiger partial charge in [0.15, 0.2) is 11.5 Å². The van der Waals surface area contributed by atoms with Crippen molar-refractivity contribution in [2.75, 3.05) is 6.61 Å². The zero-order valence-electron chi connectivity index (χ0n) is 9.88. The van der Waals surface area contributed by atoms with Gasteiger partial charge in [-0.3, -0.25) is 0 Å². The molecule has 0 saturated carbocycles. The number of aliphatic carboxylic acids is 1. The molecule has 0 unspecified atom stereocenters. The molecule has 0 amide bonds. The van der Waals surface area contributed by atoms with E-state index in [0.29, 0.717) is 23.8 Å².